The second-order valence-electron chi connectivity index (χ2n) is 5.30. The molecular formula is C13H21NOS. The number of nitrogens with zero attached hydrogens (tertiary/aromatic N) is 1. The van der Waals surface area contributed by atoms with Gasteiger partial charge in [0.1, 0.15) is 5.78 Å². The summed E-state index contributed by atoms with van der Waals surface area (Å²) in [6.07, 6.45) is 1.70. The highest BCUT2D eigenvalue weighted by molar-refractivity contribution is 7.09. The van der Waals surface area contributed by atoms with Gasteiger partial charge in [-0.05, 0) is 13.3 Å². The largest absolute Gasteiger partial charge is 0.300 e. The summed E-state index contributed by atoms with van der Waals surface area (Å²) in [6.45, 7) is 10.2. The van der Waals surface area contributed by atoms with Crippen LogP contribution >= 0.6 is 11.3 Å². The molecule has 1 aromatic heterocycles. The van der Waals surface area contributed by atoms with Gasteiger partial charge >= 0.3 is 0 Å². The molecule has 1 rings (SSSR count). The number of ketones is 1. The summed E-state index contributed by atoms with van der Waals surface area (Å²) in [6, 6.07) is 0. The first-order valence-electron chi connectivity index (χ1n) is 5.80. The number of carbonyl (C=O) groups is 1. The standard InChI is InChI=1S/C13H21NOS/c1-6-10(9(2)15)7-12-14-11(8-16-12)13(3,4)5/h8,10H,6-7H2,1-5H3. The fraction of sp³-hybridized carbons (Fsp3) is 0.692. The van der Waals surface area contributed by atoms with Gasteiger partial charge in [0.2, 0.25) is 0 Å². The highest BCUT2D eigenvalue weighted by Gasteiger charge is 2.19. The van der Waals surface area contributed by atoms with Gasteiger partial charge in [-0.1, -0.05) is 27.7 Å². The van der Waals surface area contributed by atoms with Gasteiger partial charge in [0, 0.05) is 23.1 Å². The van der Waals surface area contributed by atoms with Crippen LogP contribution in [0.1, 0.15) is 51.7 Å². The summed E-state index contributed by atoms with van der Waals surface area (Å²) in [5, 5.41) is 3.20. The van der Waals surface area contributed by atoms with Crippen LogP contribution in [0, 0.1) is 5.92 Å². The molecule has 1 heterocycles. The van der Waals surface area contributed by atoms with Crippen molar-refractivity contribution in [3.63, 3.8) is 0 Å². The van der Waals surface area contributed by atoms with E-state index in [1.165, 1.54) is 0 Å². The van der Waals surface area contributed by atoms with E-state index in [1.807, 2.05) is 0 Å². The molecule has 16 heavy (non-hydrogen) atoms. The van der Waals surface area contributed by atoms with Gasteiger partial charge in [-0.25, -0.2) is 4.98 Å². The average Bonchev–Trinajstić information content (AvgIpc) is 2.61. The van der Waals surface area contributed by atoms with E-state index >= 15 is 0 Å². The monoisotopic (exact) mass is 239 g/mol. The van der Waals surface area contributed by atoms with Gasteiger partial charge in [-0.15, -0.1) is 11.3 Å². The van der Waals surface area contributed by atoms with E-state index in [0.29, 0.717) is 0 Å². The minimum atomic E-state index is 0.104. The molecule has 0 bridgehead atoms. The second-order valence-corrected chi connectivity index (χ2v) is 6.24. The number of aromatic nitrogens is 1. The van der Waals surface area contributed by atoms with E-state index in [0.717, 1.165) is 23.5 Å². The van der Waals surface area contributed by atoms with Gasteiger partial charge < -0.3 is 0 Å². The highest BCUT2D eigenvalue weighted by Crippen LogP contribution is 2.25. The molecule has 0 fully saturated rings. The van der Waals surface area contributed by atoms with Crippen LogP contribution < -0.4 is 0 Å². The maximum Gasteiger partial charge on any atom is 0.133 e. The molecule has 3 heteroatoms. The van der Waals surface area contributed by atoms with Crippen LogP contribution in [-0.2, 0) is 16.6 Å². The number of hydrogen-bond acceptors (Lipinski definition) is 3. The van der Waals surface area contributed by atoms with Crippen molar-refractivity contribution >= 4 is 17.1 Å². The summed E-state index contributed by atoms with van der Waals surface area (Å²) < 4.78 is 0. The number of thiazole rings is 1. The summed E-state index contributed by atoms with van der Waals surface area (Å²) in [5.41, 5.74) is 1.23. The van der Waals surface area contributed by atoms with E-state index < -0.39 is 0 Å². The smallest absolute Gasteiger partial charge is 0.133 e. The zero-order chi connectivity index (χ0) is 12.3. The van der Waals surface area contributed by atoms with E-state index in [4.69, 9.17) is 0 Å². The fourth-order valence-corrected chi connectivity index (χ4v) is 2.64. The van der Waals surface area contributed by atoms with Crippen molar-refractivity contribution in [1.82, 2.24) is 4.98 Å². The van der Waals surface area contributed by atoms with Crippen LogP contribution in [0.2, 0.25) is 0 Å². The number of Topliss-reactive ketones (excluding diaryl/α,β-unsaturated/α-hetero) is 1. The zero-order valence-electron chi connectivity index (χ0n) is 10.8. The lowest BCUT2D eigenvalue weighted by Crippen LogP contribution is -2.14. The maximum absolute atomic E-state index is 11.4. The Morgan fingerprint density at radius 1 is 1.50 bits per heavy atom. The Hall–Kier alpha value is -0.700. The topological polar surface area (TPSA) is 30.0 Å². The van der Waals surface area contributed by atoms with Gasteiger partial charge in [-0.2, -0.15) is 0 Å². The van der Waals surface area contributed by atoms with Gasteiger partial charge in [-0.3, -0.25) is 4.79 Å². The third-order valence-corrected chi connectivity index (χ3v) is 3.68. The Bertz CT molecular complexity index is 362. The summed E-state index contributed by atoms with van der Waals surface area (Å²) >= 11 is 1.67. The van der Waals surface area contributed by atoms with Crippen LogP contribution in [-0.4, -0.2) is 10.8 Å². The van der Waals surface area contributed by atoms with Crippen molar-refractivity contribution < 1.29 is 4.79 Å². The average molecular weight is 239 g/mol. The molecule has 1 aromatic rings. The number of hydrogen-bond donors (Lipinski definition) is 0. The summed E-state index contributed by atoms with van der Waals surface area (Å²) in [4.78, 5) is 16.0. The molecule has 0 aliphatic carbocycles. The number of rotatable bonds is 4. The number of carbonyl (C=O) groups excluding carboxylic acids is 1. The van der Waals surface area contributed by atoms with Crippen LogP contribution in [0.25, 0.3) is 0 Å². The van der Waals surface area contributed by atoms with E-state index in [1.54, 1.807) is 18.3 Å². The van der Waals surface area contributed by atoms with Crippen molar-refractivity contribution in [3.8, 4) is 0 Å². The zero-order valence-corrected chi connectivity index (χ0v) is 11.6. The van der Waals surface area contributed by atoms with E-state index in [9.17, 15) is 4.79 Å². The normalized spacial score (nSPS) is 13.8. The van der Waals surface area contributed by atoms with Crippen LogP contribution in [0.4, 0.5) is 0 Å². The molecule has 0 aliphatic heterocycles. The molecule has 1 atom stereocenters. The molecule has 1 unspecified atom stereocenters. The molecule has 0 N–H and O–H groups in total. The summed E-state index contributed by atoms with van der Waals surface area (Å²) in [7, 11) is 0. The maximum atomic E-state index is 11.4. The molecular weight excluding hydrogens is 218 g/mol. The lowest BCUT2D eigenvalue weighted by molar-refractivity contribution is -0.120. The molecule has 90 valence electrons. The third kappa shape index (κ3) is 3.41. The van der Waals surface area contributed by atoms with Crippen LogP contribution in [0.3, 0.4) is 0 Å². The molecule has 2 nitrogen and oxygen atoms in total. The lowest BCUT2D eigenvalue weighted by atomic mass is 9.93. The lowest BCUT2D eigenvalue weighted by Gasteiger charge is -2.14. The third-order valence-electron chi connectivity index (χ3n) is 2.81. The second kappa shape index (κ2) is 5.09. The molecule has 0 aliphatic rings. The van der Waals surface area contributed by atoms with E-state index in [-0.39, 0.29) is 17.1 Å². The van der Waals surface area contributed by atoms with Crippen LogP contribution in [0.5, 0.6) is 0 Å². The Morgan fingerprint density at radius 3 is 2.50 bits per heavy atom. The molecule has 0 radical (unpaired) electrons. The Labute approximate surface area is 102 Å². The Kier molecular flexibility index (Phi) is 4.25. The molecule has 0 aromatic carbocycles. The van der Waals surface area contributed by atoms with Crippen molar-refractivity contribution in [2.45, 2.75) is 52.9 Å². The first-order chi connectivity index (χ1) is 7.34. The van der Waals surface area contributed by atoms with Crippen molar-refractivity contribution in [2.24, 2.45) is 5.92 Å². The molecule has 0 spiro atoms. The fourth-order valence-electron chi connectivity index (χ4n) is 1.54. The molecule has 0 saturated carbocycles. The SMILES string of the molecule is CCC(Cc1nc(C(C)(C)C)cs1)C(C)=O. The molecule has 0 amide bonds. The highest BCUT2D eigenvalue weighted by atomic mass is 32.1. The summed E-state index contributed by atoms with van der Waals surface area (Å²) in [5.74, 6) is 0.411. The minimum absolute atomic E-state index is 0.104. The van der Waals surface area contributed by atoms with Gasteiger partial charge in [0.25, 0.3) is 0 Å². The first-order valence-corrected chi connectivity index (χ1v) is 6.68. The molecule has 0 saturated heterocycles. The first kappa shape index (κ1) is 13.4. The van der Waals surface area contributed by atoms with Crippen LogP contribution in [0.15, 0.2) is 5.38 Å². The quantitative estimate of drug-likeness (QED) is 0.803. The predicted octanol–water partition coefficient (Wildman–Crippen LogP) is 3.60. The van der Waals surface area contributed by atoms with Gasteiger partial charge in [0.05, 0.1) is 10.7 Å². The van der Waals surface area contributed by atoms with Crippen molar-refractivity contribution in [1.29, 1.82) is 0 Å². The Morgan fingerprint density at radius 2 is 2.12 bits per heavy atom. The van der Waals surface area contributed by atoms with Crippen molar-refractivity contribution in [2.75, 3.05) is 0 Å². The van der Waals surface area contributed by atoms with Gasteiger partial charge in [0.15, 0.2) is 0 Å². The van der Waals surface area contributed by atoms with E-state index in [2.05, 4.69) is 38.1 Å². The predicted molar refractivity (Wildman–Crippen MR) is 69.0 cm³/mol. The minimum Gasteiger partial charge on any atom is -0.300 e. The Balaban J connectivity index is 2.76. The van der Waals surface area contributed by atoms with Crippen molar-refractivity contribution in [3.05, 3.63) is 16.1 Å².